The largest absolute Gasteiger partial charge is 0.493 e. The lowest BCUT2D eigenvalue weighted by atomic mass is 9.88. The normalized spacial score (nSPS) is 23.3. The van der Waals surface area contributed by atoms with Crippen molar-refractivity contribution in [3.05, 3.63) is 23.8 Å². The minimum atomic E-state index is -0.530. The molecule has 1 aliphatic rings. The van der Waals surface area contributed by atoms with Crippen LogP contribution in [0.2, 0.25) is 0 Å². The quantitative estimate of drug-likeness (QED) is 0.895. The third-order valence-corrected chi connectivity index (χ3v) is 4.06. The van der Waals surface area contributed by atoms with E-state index in [4.69, 9.17) is 9.47 Å². The van der Waals surface area contributed by atoms with Crippen molar-refractivity contribution in [3.8, 4) is 11.5 Å². The van der Waals surface area contributed by atoms with Crippen LogP contribution in [0.3, 0.4) is 0 Å². The fraction of sp³-hybridized carbons (Fsp3) is 0.533. The van der Waals surface area contributed by atoms with Crippen LogP contribution in [-0.4, -0.2) is 50.7 Å². The molecule has 20 heavy (non-hydrogen) atoms. The zero-order valence-corrected chi connectivity index (χ0v) is 12.5. The minimum Gasteiger partial charge on any atom is -0.493 e. The molecule has 0 aliphatic carbocycles. The van der Waals surface area contributed by atoms with Crippen LogP contribution >= 0.6 is 0 Å². The summed E-state index contributed by atoms with van der Waals surface area (Å²) < 4.78 is 10.5. The first-order valence-corrected chi connectivity index (χ1v) is 6.71. The SMILES string of the molecule is COc1ccc(CC2(C)C(=O)NCCN2C)cc1OC. The molecule has 5 heteroatoms. The molecule has 2 rings (SSSR count). The first-order valence-electron chi connectivity index (χ1n) is 6.71. The number of nitrogens with zero attached hydrogens (tertiary/aromatic N) is 1. The van der Waals surface area contributed by atoms with Crippen molar-refractivity contribution in [2.75, 3.05) is 34.4 Å². The third-order valence-electron chi connectivity index (χ3n) is 4.06. The molecular weight excluding hydrogens is 256 g/mol. The van der Waals surface area contributed by atoms with Gasteiger partial charge in [0.25, 0.3) is 0 Å². The summed E-state index contributed by atoms with van der Waals surface area (Å²) >= 11 is 0. The van der Waals surface area contributed by atoms with Crippen LogP contribution in [0.4, 0.5) is 0 Å². The van der Waals surface area contributed by atoms with Gasteiger partial charge < -0.3 is 14.8 Å². The van der Waals surface area contributed by atoms with Crippen LogP contribution in [0.25, 0.3) is 0 Å². The maximum atomic E-state index is 12.2. The van der Waals surface area contributed by atoms with Gasteiger partial charge >= 0.3 is 0 Å². The van der Waals surface area contributed by atoms with Gasteiger partial charge in [0, 0.05) is 13.1 Å². The Labute approximate surface area is 119 Å². The average Bonchev–Trinajstić information content (AvgIpc) is 2.45. The summed E-state index contributed by atoms with van der Waals surface area (Å²) in [6.45, 7) is 3.53. The molecule has 1 fully saturated rings. The number of carbonyl (C=O) groups excluding carboxylic acids is 1. The van der Waals surface area contributed by atoms with Gasteiger partial charge in [-0.25, -0.2) is 0 Å². The van der Waals surface area contributed by atoms with Gasteiger partial charge in [0.15, 0.2) is 11.5 Å². The molecule has 1 aromatic carbocycles. The van der Waals surface area contributed by atoms with E-state index in [0.29, 0.717) is 24.5 Å². The van der Waals surface area contributed by atoms with E-state index in [1.165, 1.54) is 0 Å². The van der Waals surface area contributed by atoms with Gasteiger partial charge in [-0.2, -0.15) is 0 Å². The number of likely N-dealkylation sites (N-methyl/N-ethyl adjacent to an activating group) is 1. The van der Waals surface area contributed by atoms with Crippen molar-refractivity contribution >= 4 is 5.91 Å². The molecule has 0 spiro atoms. The summed E-state index contributed by atoms with van der Waals surface area (Å²) in [6.07, 6.45) is 0.635. The molecule has 1 saturated heterocycles. The van der Waals surface area contributed by atoms with Crippen molar-refractivity contribution in [1.82, 2.24) is 10.2 Å². The Morgan fingerprint density at radius 2 is 2.00 bits per heavy atom. The molecule has 0 bridgehead atoms. The highest BCUT2D eigenvalue weighted by Crippen LogP contribution is 2.30. The molecular formula is C15H22N2O3. The topological polar surface area (TPSA) is 50.8 Å². The maximum Gasteiger partial charge on any atom is 0.240 e. The zero-order chi connectivity index (χ0) is 14.8. The van der Waals surface area contributed by atoms with Crippen LogP contribution in [0.15, 0.2) is 18.2 Å². The number of hydrogen-bond donors (Lipinski definition) is 1. The fourth-order valence-electron chi connectivity index (χ4n) is 2.55. The van der Waals surface area contributed by atoms with Crippen molar-refractivity contribution in [3.63, 3.8) is 0 Å². The summed E-state index contributed by atoms with van der Waals surface area (Å²) in [4.78, 5) is 14.3. The van der Waals surface area contributed by atoms with Crippen LogP contribution < -0.4 is 14.8 Å². The lowest BCUT2D eigenvalue weighted by molar-refractivity contribution is -0.134. The Balaban J connectivity index is 2.26. The highest BCUT2D eigenvalue weighted by molar-refractivity contribution is 5.87. The first kappa shape index (κ1) is 14.7. The summed E-state index contributed by atoms with van der Waals surface area (Å²) in [5.74, 6) is 1.45. The molecule has 1 heterocycles. The van der Waals surface area contributed by atoms with E-state index >= 15 is 0 Å². The predicted molar refractivity (Wildman–Crippen MR) is 77.3 cm³/mol. The van der Waals surface area contributed by atoms with E-state index in [1.54, 1.807) is 14.2 Å². The van der Waals surface area contributed by atoms with Gasteiger partial charge in [-0.1, -0.05) is 6.07 Å². The number of amides is 1. The average molecular weight is 278 g/mol. The fourth-order valence-corrected chi connectivity index (χ4v) is 2.55. The van der Waals surface area contributed by atoms with E-state index in [9.17, 15) is 4.79 Å². The Bertz CT molecular complexity index is 504. The van der Waals surface area contributed by atoms with Crippen LogP contribution in [0.1, 0.15) is 12.5 Å². The third kappa shape index (κ3) is 2.58. The molecule has 0 radical (unpaired) electrons. The lowest BCUT2D eigenvalue weighted by Gasteiger charge is -2.41. The van der Waals surface area contributed by atoms with E-state index < -0.39 is 5.54 Å². The summed E-state index contributed by atoms with van der Waals surface area (Å²) in [5, 5.41) is 2.94. The first-order chi connectivity index (χ1) is 9.51. The predicted octanol–water partition coefficient (Wildman–Crippen LogP) is 1.07. The number of benzene rings is 1. The second-order valence-corrected chi connectivity index (χ2v) is 5.32. The summed E-state index contributed by atoms with van der Waals surface area (Å²) in [5.41, 5.74) is 0.520. The number of methoxy groups -OCH3 is 2. The van der Waals surface area contributed by atoms with Gasteiger partial charge in [-0.3, -0.25) is 9.69 Å². The number of piperazine rings is 1. The standard InChI is InChI=1S/C15H22N2O3/c1-15(14(18)16-7-8-17(15)2)10-11-5-6-12(19-3)13(9-11)20-4/h5-6,9H,7-8,10H2,1-4H3,(H,16,18). The molecule has 1 N–H and O–H groups in total. The second-order valence-electron chi connectivity index (χ2n) is 5.32. The van der Waals surface area contributed by atoms with E-state index in [-0.39, 0.29) is 5.91 Å². The van der Waals surface area contributed by atoms with Gasteiger partial charge in [-0.15, -0.1) is 0 Å². The molecule has 0 aromatic heterocycles. The summed E-state index contributed by atoms with van der Waals surface area (Å²) in [6, 6.07) is 5.78. The number of ether oxygens (including phenoxy) is 2. The molecule has 1 unspecified atom stereocenters. The molecule has 1 aliphatic heterocycles. The molecule has 1 atom stereocenters. The van der Waals surface area contributed by atoms with Crippen LogP contribution in [-0.2, 0) is 11.2 Å². The second kappa shape index (κ2) is 5.71. The smallest absolute Gasteiger partial charge is 0.240 e. The number of rotatable bonds is 4. The number of carbonyl (C=O) groups is 1. The molecule has 110 valence electrons. The van der Waals surface area contributed by atoms with E-state index in [1.807, 2.05) is 32.2 Å². The highest BCUT2D eigenvalue weighted by Gasteiger charge is 2.40. The van der Waals surface area contributed by atoms with Crippen LogP contribution in [0, 0.1) is 0 Å². The highest BCUT2D eigenvalue weighted by atomic mass is 16.5. The van der Waals surface area contributed by atoms with Crippen molar-refractivity contribution < 1.29 is 14.3 Å². The van der Waals surface area contributed by atoms with Gasteiger partial charge in [0.1, 0.15) is 5.54 Å². The number of hydrogen-bond acceptors (Lipinski definition) is 4. The monoisotopic (exact) mass is 278 g/mol. The maximum absolute atomic E-state index is 12.2. The molecule has 1 amide bonds. The van der Waals surface area contributed by atoms with Crippen molar-refractivity contribution in [2.24, 2.45) is 0 Å². The minimum absolute atomic E-state index is 0.0704. The Morgan fingerprint density at radius 1 is 1.30 bits per heavy atom. The molecule has 0 saturated carbocycles. The zero-order valence-electron chi connectivity index (χ0n) is 12.5. The Morgan fingerprint density at radius 3 is 2.60 bits per heavy atom. The Kier molecular flexibility index (Phi) is 4.18. The summed E-state index contributed by atoms with van der Waals surface area (Å²) in [7, 11) is 5.21. The molecule has 1 aromatic rings. The van der Waals surface area contributed by atoms with E-state index in [2.05, 4.69) is 10.2 Å². The Hall–Kier alpha value is -1.75. The van der Waals surface area contributed by atoms with Gasteiger partial charge in [0.05, 0.1) is 14.2 Å². The van der Waals surface area contributed by atoms with Crippen LogP contribution in [0.5, 0.6) is 11.5 Å². The number of nitrogens with one attached hydrogen (secondary N) is 1. The lowest BCUT2D eigenvalue weighted by Crippen LogP contribution is -2.62. The molecule has 5 nitrogen and oxygen atoms in total. The van der Waals surface area contributed by atoms with Crippen molar-refractivity contribution in [1.29, 1.82) is 0 Å². The van der Waals surface area contributed by atoms with Gasteiger partial charge in [-0.05, 0) is 38.1 Å². The van der Waals surface area contributed by atoms with E-state index in [0.717, 1.165) is 12.1 Å². The van der Waals surface area contributed by atoms with Gasteiger partial charge in [0.2, 0.25) is 5.91 Å². The van der Waals surface area contributed by atoms with Crippen molar-refractivity contribution in [2.45, 2.75) is 18.9 Å².